The molecule has 5 nitrogen and oxygen atoms in total. The molecule has 5 heteroatoms. The number of rotatable bonds is 4. The molecule has 2 rings (SSSR count). The van der Waals surface area contributed by atoms with Gasteiger partial charge in [0.15, 0.2) is 0 Å². The van der Waals surface area contributed by atoms with Gasteiger partial charge in [-0.25, -0.2) is 4.98 Å². The fourth-order valence-electron chi connectivity index (χ4n) is 2.38. The van der Waals surface area contributed by atoms with Crippen molar-refractivity contribution in [3.63, 3.8) is 0 Å². The molecular weight excluding hydrogens is 230 g/mol. The average molecular weight is 251 g/mol. The first-order valence-corrected chi connectivity index (χ1v) is 6.43. The van der Waals surface area contributed by atoms with E-state index in [4.69, 9.17) is 5.11 Å². The summed E-state index contributed by atoms with van der Waals surface area (Å²) in [6, 6.07) is 0. The number of nitrogens with zero attached hydrogens (tertiary/aromatic N) is 3. The second-order valence-corrected chi connectivity index (χ2v) is 5.41. The fraction of sp³-hybridized carbons (Fsp3) is 0.692. The number of imidazole rings is 1. The largest absolute Gasteiger partial charge is 0.481 e. The fourth-order valence-corrected chi connectivity index (χ4v) is 2.38. The van der Waals surface area contributed by atoms with Crippen LogP contribution in [0.2, 0.25) is 0 Å². The van der Waals surface area contributed by atoms with Gasteiger partial charge >= 0.3 is 5.97 Å². The molecule has 1 aromatic rings. The van der Waals surface area contributed by atoms with E-state index in [9.17, 15) is 4.79 Å². The Morgan fingerprint density at radius 2 is 2.17 bits per heavy atom. The van der Waals surface area contributed by atoms with E-state index in [1.54, 1.807) is 0 Å². The zero-order valence-corrected chi connectivity index (χ0v) is 11.1. The lowest BCUT2D eigenvalue weighted by Gasteiger charge is -2.36. The summed E-state index contributed by atoms with van der Waals surface area (Å²) in [7, 11) is 2.00. The number of carboxylic acid groups (broad SMARTS) is 1. The third-order valence-electron chi connectivity index (χ3n) is 4.05. The van der Waals surface area contributed by atoms with Gasteiger partial charge in [-0.2, -0.15) is 0 Å². The summed E-state index contributed by atoms with van der Waals surface area (Å²) in [6.07, 6.45) is 6.17. The van der Waals surface area contributed by atoms with Crippen LogP contribution in [0, 0.1) is 5.41 Å². The molecule has 0 aliphatic carbocycles. The first kappa shape index (κ1) is 13.1. The maximum atomic E-state index is 11.1. The maximum Gasteiger partial charge on any atom is 0.309 e. The highest BCUT2D eigenvalue weighted by molar-refractivity contribution is 5.74. The van der Waals surface area contributed by atoms with Crippen molar-refractivity contribution in [3.8, 4) is 0 Å². The van der Waals surface area contributed by atoms with Gasteiger partial charge < -0.3 is 14.6 Å². The van der Waals surface area contributed by atoms with Gasteiger partial charge in [0, 0.05) is 32.4 Å². The lowest BCUT2D eigenvalue weighted by Crippen LogP contribution is -2.43. The molecule has 1 fully saturated rings. The Bertz CT molecular complexity index is 420. The number of aliphatic carboxylic acids is 1. The quantitative estimate of drug-likeness (QED) is 0.872. The van der Waals surface area contributed by atoms with Gasteiger partial charge in [-0.15, -0.1) is 0 Å². The van der Waals surface area contributed by atoms with Crippen LogP contribution in [0.4, 0.5) is 0 Å². The first-order valence-electron chi connectivity index (χ1n) is 6.43. The normalized spacial score (nSPS) is 19.9. The molecule has 1 aromatic heterocycles. The minimum Gasteiger partial charge on any atom is -0.481 e. The van der Waals surface area contributed by atoms with Crippen LogP contribution < -0.4 is 0 Å². The molecule has 1 N–H and O–H groups in total. The van der Waals surface area contributed by atoms with Crippen molar-refractivity contribution in [1.82, 2.24) is 14.5 Å². The van der Waals surface area contributed by atoms with E-state index in [-0.39, 0.29) is 0 Å². The summed E-state index contributed by atoms with van der Waals surface area (Å²) in [4.78, 5) is 17.8. The van der Waals surface area contributed by atoms with Gasteiger partial charge in [0.2, 0.25) is 0 Å². The van der Waals surface area contributed by atoms with Crippen LogP contribution in [0.25, 0.3) is 0 Å². The number of carbonyl (C=O) groups is 1. The van der Waals surface area contributed by atoms with Gasteiger partial charge in [0.05, 0.1) is 5.41 Å². The highest BCUT2D eigenvalue weighted by atomic mass is 16.4. The maximum absolute atomic E-state index is 11.1. The van der Waals surface area contributed by atoms with Crippen molar-refractivity contribution in [3.05, 3.63) is 18.2 Å². The number of likely N-dealkylation sites (tertiary alicyclic amines) is 1. The van der Waals surface area contributed by atoms with E-state index < -0.39 is 11.4 Å². The monoisotopic (exact) mass is 251 g/mol. The Labute approximate surface area is 107 Å². The third-order valence-corrected chi connectivity index (χ3v) is 4.05. The molecule has 1 aliphatic heterocycles. The van der Waals surface area contributed by atoms with Crippen molar-refractivity contribution in [2.45, 2.75) is 26.2 Å². The van der Waals surface area contributed by atoms with Crippen molar-refractivity contribution in [1.29, 1.82) is 0 Å². The van der Waals surface area contributed by atoms with Crippen LogP contribution in [0.15, 0.2) is 12.4 Å². The highest BCUT2D eigenvalue weighted by Crippen LogP contribution is 2.30. The van der Waals surface area contributed by atoms with Crippen LogP contribution in [0.1, 0.15) is 25.6 Å². The van der Waals surface area contributed by atoms with Gasteiger partial charge in [0.1, 0.15) is 5.82 Å². The second kappa shape index (κ2) is 5.10. The number of aryl methyl sites for hydroxylation is 1. The minimum absolute atomic E-state index is 0.528. The van der Waals surface area contributed by atoms with Gasteiger partial charge in [0.25, 0.3) is 0 Å². The summed E-state index contributed by atoms with van der Waals surface area (Å²) in [6.45, 7) is 4.55. The lowest BCUT2D eigenvalue weighted by atomic mass is 9.80. The Hall–Kier alpha value is -1.36. The Morgan fingerprint density at radius 1 is 1.50 bits per heavy atom. The van der Waals surface area contributed by atoms with Crippen molar-refractivity contribution in [2.75, 3.05) is 19.6 Å². The highest BCUT2D eigenvalue weighted by Gasteiger charge is 2.36. The van der Waals surface area contributed by atoms with Crippen LogP contribution >= 0.6 is 0 Å². The molecule has 1 aliphatic rings. The molecular formula is C13H21N3O2. The molecule has 0 unspecified atom stereocenters. The minimum atomic E-state index is -0.661. The zero-order valence-electron chi connectivity index (χ0n) is 11.1. The van der Waals surface area contributed by atoms with Crippen LogP contribution in [-0.2, 0) is 18.3 Å². The topological polar surface area (TPSA) is 58.4 Å². The molecule has 18 heavy (non-hydrogen) atoms. The van der Waals surface area contributed by atoms with E-state index in [0.717, 1.165) is 44.7 Å². The molecule has 0 atom stereocenters. The van der Waals surface area contributed by atoms with Crippen LogP contribution in [0.3, 0.4) is 0 Å². The number of piperidine rings is 1. The van der Waals surface area contributed by atoms with Gasteiger partial charge in [-0.3, -0.25) is 4.79 Å². The molecule has 0 amide bonds. The smallest absolute Gasteiger partial charge is 0.309 e. The first-order chi connectivity index (χ1) is 8.51. The Balaban J connectivity index is 1.81. The molecule has 1 saturated heterocycles. The Kier molecular flexibility index (Phi) is 3.71. The number of hydrogen-bond donors (Lipinski definition) is 1. The molecule has 0 bridgehead atoms. The summed E-state index contributed by atoms with van der Waals surface area (Å²) < 4.78 is 2.03. The van der Waals surface area contributed by atoms with E-state index in [0.29, 0.717) is 0 Å². The molecule has 0 aromatic carbocycles. The summed E-state index contributed by atoms with van der Waals surface area (Å²) >= 11 is 0. The van der Waals surface area contributed by atoms with E-state index in [2.05, 4.69) is 9.88 Å². The molecule has 0 spiro atoms. The van der Waals surface area contributed by atoms with E-state index in [1.165, 1.54) is 0 Å². The SMILES string of the molecule is Cn1ccnc1CCN1CCC(C)(C(=O)O)CC1. The van der Waals surface area contributed by atoms with Crippen molar-refractivity contribution >= 4 is 5.97 Å². The number of carboxylic acids is 1. The zero-order chi connectivity index (χ0) is 13.2. The Morgan fingerprint density at radius 3 is 2.67 bits per heavy atom. The molecule has 2 heterocycles. The number of hydrogen-bond acceptors (Lipinski definition) is 3. The molecule has 100 valence electrons. The van der Waals surface area contributed by atoms with Gasteiger partial charge in [-0.1, -0.05) is 0 Å². The van der Waals surface area contributed by atoms with Crippen LogP contribution in [-0.4, -0.2) is 45.2 Å². The molecule has 0 radical (unpaired) electrons. The van der Waals surface area contributed by atoms with Gasteiger partial charge in [-0.05, 0) is 32.9 Å². The summed E-state index contributed by atoms with van der Waals surface area (Å²) in [5.41, 5.74) is -0.528. The second-order valence-electron chi connectivity index (χ2n) is 5.41. The predicted molar refractivity (Wildman–Crippen MR) is 68.3 cm³/mol. The van der Waals surface area contributed by atoms with Crippen molar-refractivity contribution in [2.24, 2.45) is 12.5 Å². The summed E-state index contributed by atoms with van der Waals surface area (Å²) in [5.74, 6) is 0.424. The standard InChI is InChI=1S/C13H21N3O2/c1-13(12(17)18)4-8-16(9-5-13)7-3-11-14-6-10-15(11)2/h6,10H,3-5,7-9H2,1-2H3,(H,17,18). The predicted octanol–water partition coefficient (Wildman–Crippen LogP) is 1.15. The average Bonchev–Trinajstić information content (AvgIpc) is 2.74. The third kappa shape index (κ3) is 2.72. The lowest BCUT2D eigenvalue weighted by molar-refractivity contribution is -0.150. The van der Waals surface area contributed by atoms with E-state index in [1.807, 2.05) is 30.9 Å². The van der Waals surface area contributed by atoms with Crippen LogP contribution in [0.5, 0.6) is 0 Å². The summed E-state index contributed by atoms with van der Waals surface area (Å²) in [5, 5.41) is 9.17. The number of aromatic nitrogens is 2. The van der Waals surface area contributed by atoms with Crippen molar-refractivity contribution < 1.29 is 9.90 Å². The molecule has 0 saturated carbocycles. The van der Waals surface area contributed by atoms with E-state index >= 15 is 0 Å².